The van der Waals surface area contributed by atoms with E-state index >= 15 is 0 Å². The van der Waals surface area contributed by atoms with Gasteiger partial charge < -0.3 is 10.6 Å². The minimum absolute atomic E-state index is 0.111. The molecule has 118 valence electrons. The van der Waals surface area contributed by atoms with E-state index in [1.165, 1.54) is 6.92 Å². The molecule has 2 aromatic rings. The van der Waals surface area contributed by atoms with Gasteiger partial charge >= 0.3 is 0 Å². The van der Waals surface area contributed by atoms with E-state index in [4.69, 9.17) is 23.2 Å². The lowest BCUT2D eigenvalue weighted by atomic mass is 10.2. The molecule has 0 aliphatic heterocycles. The molecule has 0 unspecified atom stereocenters. The molecule has 0 aliphatic rings. The van der Waals surface area contributed by atoms with E-state index in [0.717, 1.165) is 5.56 Å². The number of nitrogens with one attached hydrogen (secondary N) is 2. The molecule has 23 heavy (non-hydrogen) atoms. The van der Waals surface area contributed by atoms with Gasteiger partial charge in [0.05, 0.1) is 15.7 Å². The zero-order valence-corrected chi connectivity index (χ0v) is 13.8. The van der Waals surface area contributed by atoms with E-state index in [1.807, 2.05) is 30.3 Å². The van der Waals surface area contributed by atoms with Gasteiger partial charge in [-0.15, -0.1) is 0 Å². The van der Waals surface area contributed by atoms with Crippen LogP contribution in [0.2, 0.25) is 10.0 Å². The van der Waals surface area contributed by atoms with Gasteiger partial charge in [-0.3, -0.25) is 9.59 Å². The topological polar surface area (TPSA) is 58.2 Å². The fraction of sp³-hybridized carbons (Fsp3) is 0.0588. The summed E-state index contributed by atoms with van der Waals surface area (Å²) in [5, 5.41) is 5.73. The first-order chi connectivity index (χ1) is 11.0. The molecule has 2 amide bonds. The number of anilines is 1. The second-order valence-electron chi connectivity index (χ2n) is 4.71. The molecule has 0 bridgehead atoms. The van der Waals surface area contributed by atoms with Crippen molar-refractivity contribution < 1.29 is 9.59 Å². The number of carbonyl (C=O) groups excluding carboxylic acids is 2. The monoisotopic (exact) mass is 348 g/mol. The van der Waals surface area contributed by atoms with Gasteiger partial charge in [0, 0.05) is 6.92 Å². The van der Waals surface area contributed by atoms with Crippen LogP contribution in [0.1, 0.15) is 12.5 Å². The van der Waals surface area contributed by atoms with E-state index in [1.54, 1.807) is 24.3 Å². The number of hydrogen-bond acceptors (Lipinski definition) is 2. The van der Waals surface area contributed by atoms with E-state index in [0.29, 0.717) is 10.7 Å². The molecule has 2 aromatic carbocycles. The van der Waals surface area contributed by atoms with Crippen molar-refractivity contribution >= 4 is 46.8 Å². The van der Waals surface area contributed by atoms with Crippen LogP contribution in [0.4, 0.5) is 5.69 Å². The highest BCUT2D eigenvalue weighted by molar-refractivity contribution is 6.44. The van der Waals surface area contributed by atoms with Crippen LogP contribution < -0.4 is 10.6 Å². The molecule has 0 aliphatic carbocycles. The van der Waals surface area contributed by atoms with Crippen molar-refractivity contribution in [3.8, 4) is 0 Å². The number of hydrogen-bond donors (Lipinski definition) is 2. The molecule has 6 heteroatoms. The maximum atomic E-state index is 12.4. The van der Waals surface area contributed by atoms with Crippen LogP contribution in [0.3, 0.4) is 0 Å². The molecule has 0 spiro atoms. The zero-order valence-electron chi connectivity index (χ0n) is 12.3. The van der Waals surface area contributed by atoms with Crippen molar-refractivity contribution in [2.75, 3.05) is 5.32 Å². The number of carbonyl (C=O) groups is 2. The molecular formula is C17H14Cl2N2O2. The van der Waals surface area contributed by atoms with Gasteiger partial charge in [-0.25, -0.2) is 0 Å². The van der Waals surface area contributed by atoms with Gasteiger partial charge in [-0.05, 0) is 23.8 Å². The average molecular weight is 349 g/mol. The minimum Gasteiger partial charge on any atom is -0.322 e. The Kier molecular flexibility index (Phi) is 5.79. The maximum Gasteiger partial charge on any atom is 0.272 e. The second-order valence-corrected chi connectivity index (χ2v) is 5.49. The first kappa shape index (κ1) is 17.1. The molecule has 2 N–H and O–H groups in total. The second kappa shape index (κ2) is 7.81. The van der Waals surface area contributed by atoms with Crippen molar-refractivity contribution in [1.29, 1.82) is 0 Å². The lowest BCUT2D eigenvalue weighted by Gasteiger charge is -2.11. The predicted molar refractivity (Wildman–Crippen MR) is 93.3 cm³/mol. The van der Waals surface area contributed by atoms with Gasteiger partial charge in [-0.1, -0.05) is 59.6 Å². The third kappa shape index (κ3) is 4.84. The summed E-state index contributed by atoms with van der Waals surface area (Å²) in [5.41, 5.74) is 1.26. The third-order valence-corrected chi connectivity index (χ3v) is 3.68. The maximum absolute atomic E-state index is 12.4. The summed E-state index contributed by atoms with van der Waals surface area (Å²) >= 11 is 12.0. The standard InChI is InChI=1S/C17H14Cl2N2O2/c1-11(22)20-15(10-12-6-3-2-4-7-12)17(23)21-14-9-5-8-13(18)16(14)19/h2-10H,1H3,(H,20,22)(H,21,23)/b15-10-. The normalized spacial score (nSPS) is 11.0. The largest absolute Gasteiger partial charge is 0.322 e. The third-order valence-electron chi connectivity index (χ3n) is 2.87. The molecule has 0 atom stereocenters. The van der Waals surface area contributed by atoms with E-state index in [-0.39, 0.29) is 16.6 Å². The molecule has 4 nitrogen and oxygen atoms in total. The summed E-state index contributed by atoms with van der Waals surface area (Å²) in [6.07, 6.45) is 1.58. The summed E-state index contributed by atoms with van der Waals surface area (Å²) in [7, 11) is 0. The van der Waals surface area contributed by atoms with Crippen molar-refractivity contribution in [2.45, 2.75) is 6.92 Å². The van der Waals surface area contributed by atoms with E-state index in [9.17, 15) is 9.59 Å². The Labute approximate surface area is 144 Å². The molecule has 0 heterocycles. The first-order valence-electron chi connectivity index (χ1n) is 6.77. The van der Waals surface area contributed by atoms with Crippen LogP contribution in [0, 0.1) is 0 Å². The van der Waals surface area contributed by atoms with Crippen LogP contribution in [-0.2, 0) is 9.59 Å². The van der Waals surface area contributed by atoms with Crippen LogP contribution in [0.25, 0.3) is 6.08 Å². The average Bonchev–Trinajstić information content (AvgIpc) is 2.52. The van der Waals surface area contributed by atoms with E-state index < -0.39 is 5.91 Å². The van der Waals surface area contributed by atoms with Crippen LogP contribution in [0.5, 0.6) is 0 Å². The number of halogens is 2. The summed E-state index contributed by atoms with van der Waals surface area (Å²) in [5.74, 6) is -0.840. The molecule has 0 fully saturated rings. The smallest absolute Gasteiger partial charge is 0.272 e. The van der Waals surface area contributed by atoms with Gasteiger partial charge in [-0.2, -0.15) is 0 Å². The van der Waals surface area contributed by atoms with Gasteiger partial charge in [0.25, 0.3) is 5.91 Å². The molecule has 0 saturated heterocycles. The van der Waals surface area contributed by atoms with Gasteiger partial charge in [0.1, 0.15) is 5.70 Å². The summed E-state index contributed by atoms with van der Waals surface area (Å²) in [6.45, 7) is 1.33. The molecule has 0 aromatic heterocycles. The molecular weight excluding hydrogens is 335 g/mol. The number of benzene rings is 2. The number of rotatable bonds is 4. The van der Waals surface area contributed by atoms with Gasteiger partial charge in [0.2, 0.25) is 5.91 Å². The Hall–Kier alpha value is -2.30. The van der Waals surface area contributed by atoms with Crippen molar-refractivity contribution in [2.24, 2.45) is 0 Å². The highest BCUT2D eigenvalue weighted by atomic mass is 35.5. The van der Waals surface area contributed by atoms with Crippen molar-refractivity contribution in [1.82, 2.24) is 5.32 Å². The fourth-order valence-corrected chi connectivity index (χ4v) is 2.20. The highest BCUT2D eigenvalue weighted by Gasteiger charge is 2.14. The van der Waals surface area contributed by atoms with Gasteiger partial charge in [0.15, 0.2) is 0 Å². The lowest BCUT2D eigenvalue weighted by Crippen LogP contribution is -2.29. The lowest BCUT2D eigenvalue weighted by molar-refractivity contribution is -0.120. The molecule has 2 rings (SSSR count). The number of amides is 2. The molecule has 0 radical (unpaired) electrons. The molecule has 0 saturated carbocycles. The Morgan fingerprint density at radius 2 is 1.70 bits per heavy atom. The quantitative estimate of drug-likeness (QED) is 0.816. The van der Waals surface area contributed by atoms with Crippen molar-refractivity contribution in [3.05, 3.63) is 69.8 Å². The summed E-state index contributed by atoms with van der Waals surface area (Å²) < 4.78 is 0. The Bertz CT molecular complexity index is 758. The van der Waals surface area contributed by atoms with Crippen LogP contribution in [-0.4, -0.2) is 11.8 Å². The Morgan fingerprint density at radius 1 is 1.00 bits per heavy atom. The fourth-order valence-electron chi connectivity index (χ4n) is 1.85. The summed E-state index contributed by atoms with van der Waals surface area (Å²) in [6, 6.07) is 14.1. The summed E-state index contributed by atoms with van der Waals surface area (Å²) in [4.78, 5) is 23.8. The SMILES string of the molecule is CC(=O)N/C(=C\c1ccccc1)C(=O)Nc1cccc(Cl)c1Cl. The Balaban J connectivity index is 2.28. The van der Waals surface area contributed by atoms with Crippen LogP contribution >= 0.6 is 23.2 Å². The Morgan fingerprint density at radius 3 is 2.35 bits per heavy atom. The minimum atomic E-state index is -0.492. The predicted octanol–water partition coefficient (Wildman–Crippen LogP) is 4.11. The zero-order chi connectivity index (χ0) is 16.8. The highest BCUT2D eigenvalue weighted by Crippen LogP contribution is 2.29. The van der Waals surface area contributed by atoms with Crippen molar-refractivity contribution in [3.63, 3.8) is 0 Å². The first-order valence-corrected chi connectivity index (χ1v) is 7.52. The van der Waals surface area contributed by atoms with E-state index in [2.05, 4.69) is 10.6 Å². The van der Waals surface area contributed by atoms with Crippen LogP contribution in [0.15, 0.2) is 54.2 Å².